The minimum atomic E-state index is 0.299. The van der Waals surface area contributed by atoms with Crippen molar-refractivity contribution >= 4 is 0 Å². The highest BCUT2D eigenvalue weighted by Crippen LogP contribution is 2.31. The van der Waals surface area contributed by atoms with Crippen LogP contribution in [0.2, 0.25) is 0 Å². The lowest BCUT2D eigenvalue weighted by Crippen LogP contribution is -2.08. The van der Waals surface area contributed by atoms with E-state index in [4.69, 9.17) is 9.15 Å². The van der Waals surface area contributed by atoms with Crippen LogP contribution in [-0.4, -0.2) is 22.8 Å². The van der Waals surface area contributed by atoms with Crippen LogP contribution in [-0.2, 0) is 4.74 Å². The Balaban J connectivity index is 1.72. The fourth-order valence-electron chi connectivity index (χ4n) is 2.94. The zero-order valence-electron chi connectivity index (χ0n) is 12.5. The predicted molar refractivity (Wildman–Crippen MR) is 84.6 cm³/mol. The molecule has 3 aromatic rings. The lowest BCUT2D eigenvalue weighted by Gasteiger charge is -2.12. The van der Waals surface area contributed by atoms with Crippen molar-refractivity contribution in [3.63, 3.8) is 0 Å². The van der Waals surface area contributed by atoms with E-state index in [-0.39, 0.29) is 0 Å². The molecule has 0 bridgehead atoms. The maximum Gasteiger partial charge on any atom is 0.176 e. The maximum atomic E-state index is 9.24. The molecule has 5 nitrogen and oxygen atoms in total. The Morgan fingerprint density at radius 1 is 1.17 bits per heavy atom. The zero-order valence-corrected chi connectivity index (χ0v) is 12.5. The second-order valence-electron chi connectivity index (χ2n) is 5.50. The standard InChI is InChI=1S/C18H15N3O2/c19-11-13-3-1-2-4-15(13)16-5-6-17(23-16)18-20-8-9-21(18)14-7-10-22-12-14/h1-6,8-9,14H,7,10,12H2. The van der Waals surface area contributed by atoms with E-state index >= 15 is 0 Å². The van der Waals surface area contributed by atoms with Crippen LogP contribution in [0.4, 0.5) is 0 Å². The fraction of sp³-hybridized carbons (Fsp3) is 0.222. The Labute approximate surface area is 133 Å². The smallest absolute Gasteiger partial charge is 0.176 e. The van der Waals surface area contributed by atoms with E-state index in [0.29, 0.717) is 29.7 Å². The number of aromatic nitrogens is 2. The molecule has 1 atom stereocenters. The number of nitriles is 1. The second kappa shape index (κ2) is 5.75. The summed E-state index contributed by atoms with van der Waals surface area (Å²) in [5.74, 6) is 2.17. The van der Waals surface area contributed by atoms with Crippen molar-refractivity contribution in [3.05, 3.63) is 54.4 Å². The summed E-state index contributed by atoms with van der Waals surface area (Å²) in [6.45, 7) is 1.48. The van der Waals surface area contributed by atoms with Crippen LogP contribution in [0.15, 0.2) is 53.2 Å². The Morgan fingerprint density at radius 2 is 2.04 bits per heavy atom. The monoisotopic (exact) mass is 305 g/mol. The number of rotatable bonds is 3. The molecule has 1 aromatic carbocycles. The van der Waals surface area contributed by atoms with Crippen LogP contribution in [0.5, 0.6) is 0 Å². The van der Waals surface area contributed by atoms with Gasteiger partial charge in [0.15, 0.2) is 11.6 Å². The van der Waals surface area contributed by atoms with E-state index in [1.807, 2.05) is 36.5 Å². The van der Waals surface area contributed by atoms with E-state index in [2.05, 4.69) is 15.6 Å². The third kappa shape index (κ3) is 2.43. The second-order valence-corrected chi connectivity index (χ2v) is 5.50. The highest BCUT2D eigenvalue weighted by atomic mass is 16.5. The van der Waals surface area contributed by atoms with Gasteiger partial charge in [-0.1, -0.05) is 12.1 Å². The van der Waals surface area contributed by atoms with Crippen molar-refractivity contribution < 1.29 is 9.15 Å². The summed E-state index contributed by atoms with van der Waals surface area (Å²) in [5, 5.41) is 9.24. The van der Waals surface area contributed by atoms with Crippen LogP contribution in [0.3, 0.4) is 0 Å². The van der Waals surface area contributed by atoms with Crippen LogP contribution < -0.4 is 0 Å². The van der Waals surface area contributed by atoms with E-state index in [1.54, 1.807) is 12.3 Å². The number of furan rings is 1. The van der Waals surface area contributed by atoms with Crippen molar-refractivity contribution in [3.8, 4) is 29.0 Å². The highest BCUT2D eigenvalue weighted by molar-refractivity contribution is 5.68. The Bertz CT molecular complexity index is 866. The third-order valence-electron chi connectivity index (χ3n) is 4.11. The molecule has 1 unspecified atom stereocenters. The van der Waals surface area contributed by atoms with Gasteiger partial charge in [0, 0.05) is 24.6 Å². The average molecular weight is 305 g/mol. The molecule has 4 rings (SSSR count). The number of hydrogen-bond donors (Lipinski definition) is 0. The van der Waals surface area contributed by atoms with Gasteiger partial charge in [0.25, 0.3) is 0 Å². The van der Waals surface area contributed by atoms with Gasteiger partial charge in [0.05, 0.1) is 24.3 Å². The highest BCUT2D eigenvalue weighted by Gasteiger charge is 2.22. The Morgan fingerprint density at radius 3 is 2.87 bits per heavy atom. The van der Waals surface area contributed by atoms with E-state index in [0.717, 1.165) is 24.4 Å². The molecule has 1 fully saturated rings. The normalized spacial score (nSPS) is 17.3. The number of benzene rings is 1. The van der Waals surface area contributed by atoms with E-state index in [1.165, 1.54) is 0 Å². The van der Waals surface area contributed by atoms with Gasteiger partial charge in [-0.25, -0.2) is 4.98 Å². The molecule has 0 N–H and O–H groups in total. The molecule has 0 radical (unpaired) electrons. The molecule has 1 aliphatic heterocycles. The van der Waals surface area contributed by atoms with Crippen LogP contribution in [0.1, 0.15) is 18.0 Å². The number of hydrogen-bond acceptors (Lipinski definition) is 4. The van der Waals surface area contributed by atoms with Gasteiger partial charge < -0.3 is 13.7 Å². The van der Waals surface area contributed by atoms with Crippen molar-refractivity contribution in [1.82, 2.24) is 9.55 Å². The minimum absolute atomic E-state index is 0.299. The molecular formula is C18H15N3O2. The SMILES string of the molecule is N#Cc1ccccc1-c1ccc(-c2nccn2C2CCOC2)o1. The molecular weight excluding hydrogens is 290 g/mol. The predicted octanol–water partition coefficient (Wildman–Crippen LogP) is 3.64. The van der Waals surface area contributed by atoms with Gasteiger partial charge in [-0.2, -0.15) is 5.26 Å². The Kier molecular flexibility index (Phi) is 3.45. The summed E-state index contributed by atoms with van der Waals surface area (Å²) in [5.41, 5.74) is 1.39. The molecule has 0 spiro atoms. The molecule has 0 amide bonds. The van der Waals surface area contributed by atoms with Crippen LogP contribution >= 0.6 is 0 Å². The first-order valence-electron chi connectivity index (χ1n) is 7.57. The Hall–Kier alpha value is -2.84. The molecule has 5 heteroatoms. The van der Waals surface area contributed by atoms with Crippen molar-refractivity contribution in [2.75, 3.05) is 13.2 Å². The summed E-state index contributed by atoms with van der Waals surface area (Å²) >= 11 is 0. The third-order valence-corrected chi connectivity index (χ3v) is 4.11. The number of ether oxygens (including phenoxy) is 1. The quantitative estimate of drug-likeness (QED) is 0.741. The van der Waals surface area contributed by atoms with Crippen molar-refractivity contribution in [2.24, 2.45) is 0 Å². The summed E-state index contributed by atoms with van der Waals surface area (Å²) in [6.07, 6.45) is 4.72. The van der Waals surface area contributed by atoms with Crippen LogP contribution in [0, 0.1) is 11.3 Å². The molecule has 114 valence electrons. The van der Waals surface area contributed by atoms with Gasteiger partial charge in [0.2, 0.25) is 0 Å². The first kappa shape index (κ1) is 13.8. The topological polar surface area (TPSA) is 64.0 Å². The fourth-order valence-corrected chi connectivity index (χ4v) is 2.94. The van der Waals surface area contributed by atoms with Gasteiger partial charge in [-0.05, 0) is 30.7 Å². The first-order valence-corrected chi connectivity index (χ1v) is 7.57. The summed E-state index contributed by atoms with van der Waals surface area (Å²) < 4.78 is 13.5. The van der Waals surface area contributed by atoms with Gasteiger partial charge in [-0.3, -0.25) is 0 Å². The maximum absolute atomic E-state index is 9.24. The number of imidazole rings is 1. The molecule has 23 heavy (non-hydrogen) atoms. The minimum Gasteiger partial charge on any atom is -0.453 e. The summed E-state index contributed by atoms with van der Waals surface area (Å²) in [6, 6.07) is 13.7. The van der Waals surface area contributed by atoms with Crippen LogP contribution in [0.25, 0.3) is 22.9 Å². The zero-order chi connectivity index (χ0) is 15.6. The summed E-state index contributed by atoms with van der Waals surface area (Å²) in [4.78, 5) is 4.43. The first-order chi connectivity index (χ1) is 11.4. The number of nitrogens with zero attached hydrogens (tertiary/aromatic N) is 3. The molecule has 0 aliphatic carbocycles. The molecule has 1 saturated heterocycles. The lowest BCUT2D eigenvalue weighted by molar-refractivity contribution is 0.186. The molecule has 0 saturated carbocycles. The van der Waals surface area contributed by atoms with Gasteiger partial charge in [0.1, 0.15) is 5.76 Å². The largest absolute Gasteiger partial charge is 0.453 e. The van der Waals surface area contributed by atoms with Gasteiger partial charge >= 0.3 is 0 Å². The van der Waals surface area contributed by atoms with E-state index < -0.39 is 0 Å². The molecule has 2 aromatic heterocycles. The molecule has 1 aliphatic rings. The van der Waals surface area contributed by atoms with Gasteiger partial charge in [-0.15, -0.1) is 0 Å². The van der Waals surface area contributed by atoms with E-state index in [9.17, 15) is 5.26 Å². The molecule has 3 heterocycles. The van der Waals surface area contributed by atoms with Crippen molar-refractivity contribution in [2.45, 2.75) is 12.5 Å². The lowest BCUT2D eigenvalue weighted by atomic mass is 10.1. The summed E-state index contributed by atoms with van der Waals surface area (Å²) in [7, 11) is 0. The van der Waals surface area contributed by atoms with Crippen molar-refractivity contribution in [1.29, 1.82) is 5.26 Å². The average Bonchev–Trinajstić information content (AvgIpc) is 3.33.